The van der Waals surface area contributed by atoms with E-state index >= 15 is 0 Å². The summed E-state index contributed by atoms with van der Waals surface area (Å²) in [5.74, 6) is 0. The van der Waals surface area contributed by atoms with Gasteiger partial charge in [-0.25, -0.2) is 4.79 Å². The van der Waals surface area contributed by atoms with Gasteiger partial charge in [0.1, 0.15) is 0 Å². The summed E-state index contributed by atoms with van der Waals surface area (Å²) in [7, 11) is 0. The van der Waals surface area contributed by atoms with Crippen molar-refractivity contribution >= 4 is 6.09 Å². The topological polar surface area (TPSA) is 41.6 Å². The average Bonchev–Trinajstić information content (AvgIpc) is 2.23. The summed E-state index contributed by atoms with van der Waals surface area (Å²) in [6.07, 6.45) is 4.02. The van der Waals surface area contributed by atoms with Crippen molar-refractivity contribution < 1.29 is 9.53 Å². The van der Waals surface area contributed by atoms with Gasteiger partial charge < -0.3 is 15.0 Å². The van der Waals surface area contributed by atoms with Gasteiger partial charge in [-0.15, -0.1) is 0 Å². The standard InChI is InChI=1S/C10H16N2O2/c13-10-12(6-1-7-14-10)8-9-2-4-11-5-3-9/h2,11H,1,3-8H2. The Bertz CT molecular complexity index is 251. The van der Waals surface area contributed by atoms with E-state index in [-0.39, 0.29) is 6.09 Å². The van der Waals surface area contributed by atoms with Crippen molar-refractivity contribution in [3.63, 3.8) is 0 Å². The molecule has 0 saturated carbocycles. The minimum atomic E-state index is -0.157. The van der Waals surface area contributed by atoms with E-state index < -0.39 is 0 Å². The van der Waals surface area contributed by atoms with Crippen LogP contribution < -0.4 is 5.32 Å². The molecule has 0 atom stereocenters. The van der Waals surface area contributed by atoms with Crippen LogP contribution in [0.5, 0.6) is 0 Å². The number of hydrogen-bond acceptors (Lipinski definition) is 3. The van der Waals surface area contributed by atoms with Gasteiger partial charge in [0.15, 0.2) is 0 Å². The summed E-state index contributed by atoms with van der Waals surface area (Å²) >= 11 is 0. The number of hydrogen-bond donors (Lipinski definition) is 1. The molecule has 1 saturated heterocycles. The highest BCUT2D eigenvalue weighted by Crippen LogP contribution is 2.11. The highest BCUT2D eigenvalue weighted by atomic mass is 16.6. The fourth-order valence-corrected chi connectivity index (χ4v) is 1.80. The van der Waals surface area contributed by atoms with Crippen molar-refractivity contribution in [2.45, 2.75) is 12.8 Å². The molecule has 2 rings (SSSR count). The van der Waals surface area contributed by atoms with Crippen LogP contribution in [-0.2, 0) is 4.74 Å². The molecule has 0 bridgehead atoms. The first-order valence-electron chi connectivity index (χ1n) is 5.16. The van der Waals surface area contributed by atoms with Gasteiger partial charge in [-0.1, -0.05) is 11.6 Å². The highest BCUT2D eigenvalue weighted by Gasteiger charge is 2.20. The number of ether oxygens (including phenoxy) is 1. The van der Waals surface area contributed by atoms with Crippen molar-refractivity contribution in [2.24, 2.45) is 0 Å². The molecule has 0 aliphatic carbocycles. The molecule has 0 unspecified atom stereocenters. The van der Waals surface area contributed by atoms with Gasteiger partial charge in [0.05, 0.1) is 6.61 Å². The maximum atomic E-state index is 11.3. The van der Waals surface area contributed by atoms with Crippen molar-refractivity contribution in [3.05, 3.63) is 11.6 Å². The first-order valence-corrected chi connectivity index (χ1v) is 5.16. The Morgan fingerprint density at radius 2 is 2.50 bits per heavy atom. The molecule has 4 nitrogen and oxygen atoms in total. The van der Waals surface area contributed by atoms with E-state index in [1.807, 2.05) is 0 Å². The smallest absolute Gasteiger partial charge is 0.410 e. The molecule has 14 heavy (non-hydrogen) atoms. The van der Waals surface area contributed by atoms with E-state index in [9.17, 15) is 4.79 Å². The number of carbonyl (C=O) groups excluding carboxylic acids is 1. The van der Waals surface area contributed by atoms with Crippen LogP contribution >= 0.6 is 0 Å². The zero-order valence-corrected chi connectivity index (χ0v) is 8.29. The van der Waals surface area contributed by atoms with Gasteiger partial charge in [-0.05, 0) is 19.4 Å². The summed E-state index contributed by atoms with van der Waals surface area (Å²) in [6, 6.07) is 0. The molecule has 1 N–H and O–H groups in total. The minimum absolute atomic E-state index is 0.157. The average molecular weight is 196 g/mol. The normalized spacial score (nSPS) is 23.0. The Balaban J connectivity index is 1.88. The summed E-state index contributed by atoms with van der Waals surface area (Å²) in [5.41, 5.74) is 1.35. The Morgan fingerprint density at radius 1 is 1.57 bits per heavy atom. The third-order valence-electron chi connectivity index (χ3n) is 2.61. The van der Waals surface area contributed by atoms with Crippen molar-refractivity contribution in [3.8, 4) is 0 Å². The number of cyclic esters (lactones) is 1. The largest absolute Gasteiger partial charge is 0.449 e. The van der Waals surface area contributed by atoms with E-state index in [1.54, 1.807) is 4.90 Å². The van der Waals surface area contributed by atoms with Gasteiger partial charge in [0, 0.05) is 19.6 Å². The first-order chi connectivity index (χ1) is 6.86. The fourth-order valence-electron chi connectivity index (χ4n) is 1.80. The maximum absolute atomic E-state index is 11.3. The lowest BCUT2D eigenvalue weighted by Gasteiger charge is -2.28. The summed E-state index contributed by atoms with van der Waals surface area (Å²) in [6.45, 7) is 4.12. The summed E-state index contributed by atoms with van der Waals surface area (Å²) < 4.78 is 4.98. The zero-order valence-electron chi connectivity index (χ0n) is 8.29. The number of carbonyl (C=O) groups is 1. The highest BCUT2D eigenvalue weighted by molar-refractivity contribution is 5.68. The van der Waals surface area contributed by atoms with Gasteiger partial charge in [-0.2, -0.15) is 0 Å². The van der Waals surface area contributed by atoms with E-state index in [2.05, 4.69) is 11.4 Å². The lowest BCUT2D eigenvalue weighted by Crippen LogP contribution is -2.39. The summed E-state index contributed by atoms with van der Waals surface area (Å²) in [5, 5.41) is 3.25. The predicted molar refractivity (Wildman–Crippen MR) is 53.1 cm³/mol. The number of rotatable bonds is 2. The Morgan fingerprint density at radius 3 is 3.21 bits per heavy atom. The van der Waals surface area contributed by atoms with Crippen LogP contribution in [0.15, 0.2) is 11.6 Å². The number of nitrogens with zero attached hydrogens (tertiary/aromatic N) is 1. The van der Waals surface area contributed by atoms with Crippen LogP contribution in [0.3, 0.4) is 0 Å². The second kappa shape index (κ2) is 4.46. The van der Waals surface area contributed by atoms with Crippen LogP contribution in [0.4, 0.5) is 4.79 Å². The molecular formula is C10H16N2O2. The lowest BCUT2D eigenvalue weighted by atomic mass is 10.1. The SMILES string of the molecule is O=C1OCCCN1CC1=CCNCC1. The molecule has 2 aliphatic rings. The van der Waals surface area contributed by atoms with Gasteiger partial charge >= 0.3 is 6.09 Å². The van der Waals surface area contributed by atoms with Crippen LogP contribution in [-0.4, -0.2) is 43.8 Å². The Labute approximate surface area is 83.9 Å². The molecule has 2 aliphatic heterocycles. The second-order valence-electron chi connectivity index (χ2n) is 3.71. The van der Waals surface area contributed by atoms with Crippen molar-refractivity contribution in [1.82, 2.24) is 10.2 Å². The monoisotopic (exact) mass is 196 g/mol. The van der Waals surface area contributed by atoms with Crippen LogP contribution in [0.25, 0.3) is 0 Å². The number of amides is 1. The fraction of sp³-hybridized carbons (Fsp3) is 0.700. The molecule has 2 heterocycles. The van der Waals surface area contributed by atoms with Gasteiger partial charge in [0.2, 0.25) is 0 Å². The Hall–Kier alpha value is -1.03. The number of nitrogens with one attached hydrogen (secondary N) is 1. The molecule has 1 amide bonds. The molecule has 0 aromatic heterocycles. The van der Waals surface area contributed by atoms with E-state index in [0.717, 1.165) is 39.0 Å². The zero-order chi connectivity index (χ0) is 9.80. The van der Waals surface area contributed by atoms with Crippen LogP contribution in [0.1, 0.15) is 12.8 Å². The van der Waals surface area contributed by atoms with Crippen LogP contribution in [0.2, 0.25) is 0 Å². The lowest BCUT2D eigenvalue weighted by molar-refractivity contribution is 0.0762. The van der Waals surface area contributed by atoms with Crippen LogP contribution in [0, 0.1) is 0 Å². The molecule has 78 valence electrons. The van der Waals surface area contributed by atoms with E-state index in [4.69, 9.17) is 4.74 Å². The summed E-state index contributed by atoms with van der Waals surface area (Å²) in [4.78, 5) is 13.1. The quantitative estimate of drug-likeness (QED) is 0.663. The third-order valence-corrected chi connectivity index (χ3v) is 2.61. The van der Waals surface area contributed by atoms with Gasteiger partial charge in [0.25, 0.3) is 0 Å². The third kappa shape index (κ3) is 2.26. The molecule has 0 aromatic rings. The van der Waals surface area contributed by atoms with Gasteiger partial charge in [-0.3, -0.25) is 0 Å². The molecular weight excluding hydrogens is 180 g/mol. The minimum Gasteiger partial charge on any atom is -0.449 e. The van der Waals surface area contributed by atoms with E-state index in [1.165, 1.54) is 5.57 Å². The maximum Gasteiger partial charge on any atom is 0.410 e. The predicted octanol–water partition coefficient (Wildman–Crippen LogP) is 0.748. The Kier molecular flexibility index (Phi) is 3.03. The van der Waals surface area contributed by atoms with E-state index in [0.29, 0.717) is 6.61 Å². The van der Waals surface area contributed by atoms with Crippen molar-refractivity contribution in [2.75, 3.05) is 32.8 Å². The first kappa shape index (κ1) is 9.52. The second-order valence-corrected chi connectivity index (χ2v) is 3.71. The molecule has 1 fully saturated rings. The molecule has 0 spiro atoms. The molecule has 4 heteroatoms. The molecule has 0 aromatic carbocycles. The molecule has 0 radical (unpaired) electrons. The van der Waals surface area contributed by atoms with Crippen molar-refractivity contribution in [1.29, 1.82) is 0 Å².